The van der Waals surface area contributed by atoms with Crippen molar-refractivity contribution in [3.63, 3.8) is 0 Å². The number of hydrogen-bond donors (Lipinski definition) is 2. The first-order chi connectivity index (χ1) is 15.1. The number of aliphatic hydroxyl groups is 1. The molecule has 1 atom stereocenters. The Balaban J connectivity index is 1.25. The molecule has 3 aromatic rings. The van der Waals surface area contributed by atoms with Gasteiger partial charge in [-0.15, -0.1) is 0 Å². The van der Waals surface area contributed by atoms with Crippen molar-refractivity contribution in [2.45, 2.75) is 12.6 Å². The van der Waals surface area contributed by atoms with E-state index in [1.807, 2.05) is 30.3 Å². The van der Waals surface area contributed by atoms with Crippen LogP contribution in [0.4, 0.5) is 10.1 Å². The van der Waals surface area contributed by atoms with E-state index in [-0.39, 0.29) is 5.69 Å². The van der Waals surface area contributed by atoms with Gasteiger partial charge in [-0.05, 0) is 23.8 Å². The lowest BCUT2D eigenvalue weighted by Crippen LogP contribution is -2.47. The zero-order valence-corrected chi connectivity index (χ0v) is 17.1. The van der Waals surface area contributed by atoms with Crippen LogP contribution in [0.1, 0.15) is 28.0 Å². The van der Waals surface area contributed by atoms with Gasteiger partial charge in [-0.25, -0.2) is 9.37 Å². The average molecular weight is 424 g/mol. The molecule has 1 aliphatic heterocycles. The van der Waals surface area contributed by atoms with Crippen LogP contribution in [0.5, 0.6) is 0 Å². The molecule has 1 aromatic heterocycles. The minimum absolute atomic E-state index is 0.156. The number of carbonyl (C=O) groups excluding carboxylic acids is 1. The molecular formula is C23H25FN4O3. The van der Waals surface area contributed by atoms with E-state index >= 15 is 0 Å². The van der Waals surface area contributed by atoms with Gasteiger partial charge in [0.05, 0.1) is 12.6 Å². The van der Waals surface area contributed by atoms with Gasteiger partial charge in [-0.3, -0.25) is 14.6 Å². The van der Waals surface area contributed by atoms with Gasteiger partial charge in [0.1, 0.15) is 12.1 Å². The highest BCUT2D eigenvalue weighted by Crippen LogP contribution is 2.16. The number of aliphatic hydroxyl groups excluding tert-OH is 1. The number of halogens is 1. The molecule has 162 valence electrons. The monoisotopic (exact) mass is 424 g/mol. The first kappa shape index (κ1) is 21.2. The Bertz CT molecular complexity index is 1000. The van der Waals surface area contributed by atoms with Crippen LogP contribution >= 0.6 is 0 Å². The molecule has 8 heteroatoms. The van der Waals surface area contributed by atoms with Gasteiger partial charge in [-0.1, -0.05) is 36.4 Å². The normalized spacial score (nSPS) is 16.2. The third-order valence-corrected chi connectivity index (χ3v) is 5.31. The zero-order valence-electron chi connectivity index (χ0n) is 17.1. The van der Waals surface area contributed by atoms with Gasteiger partial charge in [0.15, 0.2) is 5.69 Å². The predicted molar refractivity (Wildman–Crippen MR) is 114 cm³/mol. The Kier molecular flexibility index (Phi) is 6.71. The molecule has 4 rings (SSSR count). The fourth-order valence-electron chi connectivity index (χ4n) is 3.60. The largest absolute Gasteiger partial charge is 0.447 e. The molecule has 31 heavy (non-hydrogen) atoms. The van der Waals surface area contributed by atoms with E-state index in [2.05, 4.69) is 20.1 Å². The Morgan fingerprint density at radius 3 is 2.58 bits per heavy atom. The van der Waals surface area contributed by atoms with Crippen LogP contribution in [0.25, 0.3) is 0 Å². The summed E-state index contributed by atoms with van der Waals surface area (Å²) in [6, 6.07) is 15.4. The molecule has 1 amide bonds. The summed E-state index contributed by atoms with van der Waals surface area (Å²) in [5.74, 6) is -0.406. The van der Waals surface area contributed by atoms with Crippen LogP contribution < -0.4 is 5.32 Å². The highest BCUT2D eigenvalue weighted by Gasteiger charge is 2.22. The maximum Gasteiger partial charge on any atom is 0.277 e. The summed E-state index contributed by atoms with van der Waals surface area (Å²) in [5, 5.41) is 13.0. The Hall–Kier alpha value is -3.07. The van der Waals surface area contributed by atoms with E-state index < -0.39 is 17.8 Å². The topological polar surface area (TPSA) is 81.8 Å². The molecule has 7 nitrogen and oxygen atoms in total. The lowest BCUT2D eigenvalue weighted by molar-refractivity contribution is 0.0671. The number of anilines is 1. The molecule has 2 heterocycles. The minimum atomic E-state index is -0.501. The number of rotatable bonds is 7. The summed E-state index contributed by atoms with van der Waals surface area (Å²) in [6.45, 7) is 4.39. The standard InChI is InChI=1S/C23H25FN4O3/c24-18-7-4-8-19(13-18)25-23(30)20-16-31-22(26-20)15-28-11-9-27(10-12-28)14-21(29)17-5-2-1-3-6-17/h1-8,13,16,21,29H,9-12,14-15H2,(H,25,30)/t21-/m1/s1. The maximum atomic E-state index is 13.3. The molecule has 0 radical (unpaired) electrons. The molecule has 2 N–H and O–H groups in total. The quantitative estimate of drug-likeness (QED) is 0.607. The number of benzene rings is 2. The number of carbonyl (C=O) groups is 1. The molecule has 1 aliphatic rings. The number of β-amino-alcohol motifs (C(OH)–C–C–N with tert-alkyl or cyclic N) is 1. The molecule has 0 unspecified atom stereocenters. The summed E-state index contributed by atoms with van der Waals surface area (Å²) in [7, 11) is 0. The van der Waals surface area contributed by atoms with Crippen molar-refractivity contribution in [3.8, 4) is 0 Å². The van der Waals surface area contributed by atoms with E-state index in [0.717, 1.165) is 31.7 Å². The highest BCUT2D eigenvalue weighted by atomic mass is 19.1. The second kappa shape index (κ2) is 9.82. The van der Waals surface area contributed by atoms with Crippen molar-refractivity contribution in [2.24, 2.45) is 0 Å². The lowest BCUT2D eigenvalue weighted by atomic mass is 10.1. The molecule has 0 spiro atoms. The highest BCUT2D eigenvalue weighted by molar-refractivity contribution is 6.02. The molecule has 1 saturated heterocycles. The van der Waals surface area contributed by atoms with Gasteiger partial charge < -0.3 is 14.8 Å². The Morgan fingerprint density at radius 1 is 1.10 bits per heavy atom. The van der Waals surface area contributed by atoms with Crippen LogP contribution in [0.15, 0.2) is 65.3 Å². The molecule has 0 bridgehead atoms. The molecule has 0 saturated carbocycles. The predicted octanol–water partition coefficient (Wildman–Crippen LogP) is 2.92. The Morgan fingerprint density at radius 2 is 1.84 bits per heavy atom. The van der Waals surface area contributed by atoms with E-state index in [1.54, 1.807) is 6.07 Å². The molecule has 1 fully saturated rings. The van der Waals surface area contributed by atoms with Gasteiger partial charge in [-0.2, -0.15) is 0 Å². The van der Waals surface area contributed by atoms with Crippen molar-refractivity contribution in [1.82, 2.24) is 14.8 Å². The molecular weight excluding hydrogens is 399 g/mol. The van der Waals surface area contributed by atoms with Crippen LogP contribution in [0.2, 0.25) is 0 Å². The third kappa shape index (κ3) is 5.75. The molecule has 0 aliphatic carbocycles. The second-order valence-electron chi connectivity index (χ2n) is 7.59. The number of nitrogens with one attached hydrogen (secondary N) is 1. The second-order valence-corrected chi connectivity index (χ2v) is 7.59. The van der Waals surface area contributed by atoms with Gasteiger partial charge >= 0.3 is 0 Å². The molecule has 2 aromatic carbocycles. The van der Waals surface area contributed by atoms with E-state index in [4.69, 9.17) is 4.42 Å². The lowest BCUT2D eigenvalue weighted by Gasteiger charge is -2.35. The first-order valence-corrected chi connectivity index (χ1v) is 10.3. The minimum Gasteiger partial charge on any atom is -0.447 e. The van der Waals surface area contributed by atoms with Gasteiger partial charge in [0, 0.05) is 38.4 Å². The van der Waals surface area contributed by atoms with Crippen molar-refractivity contribution < 1.29 is 18.7 Å². The van der Waals surface area contributed by atoms with Crippen LogP contribution in [-0.2, 0) is 6.54 Å². The van der Waals surface area contributed by atoms with Crippen molar-refractivity contribution in [2.75, 3.05) is 38.0 Å². The number of oxazole rings is 1. The summed E-state index contributed by atoms with van der Waals surface area (Å²) in [4.78, 5) is 21.0. The number of amides is 1. The summed E-state index contributed by atoms with van der Waals surface area (Å²) < 4.78 is 18.7. The number of nitrogens with zero attached hydrogens (tertiary/aromatic N) is 3. The third-order valence-electron chi connectivity index (χ3n) is 5.31. The smallest absolute Gasteiger partial charge is 0.277 e. The van der Waals surface area contributed by atoms with Crippen molar-refractivity contribution >= 4 is 11.6 Å². The number of hydrogen-bond acceptors (Lipinski definition) is 6. The van der Waals surface area contributed by atoms with Crippen LogP contribution in [0.3, 0.4) is 0 Å². The number of piperazine rings is 1. The number of aromatic nitrogens is 1. The average Bonchev–Trinajstić information content (AvgIpc) is 3.24. The van der Waals surface area contributed by atoms with E-state index in [1.165, 1.54) is 24.5 Å². The van der Waals surface area contributed by atoms with Crippen molar-refractivity contribution in [1.29, 1.82) is 0 Å². The Labute approximate surface area is 180 Å². The van der Waals surface area contributed by atoms with Crippen LogP contribution in [0, 0.1) is 5.82 Å². The summed E-state index contributed by atoms with van der Waals surface area (Å²) in [5.41, 5.74) is 1.45. The maximum absolute atomic E-state index is 13.3. The van der Waals surface area contributed by atoms with Gasteiger partial charge in [0.2, 0.25) is 5.89 Å². The van der Waals surface area contributed by atoms with E-state index in [9.17, 15) is 14.3 Å². The zero-order chi connectivity index (χ0) is 21.6. The first-order valence-electron chi connectivity index (χ1n) is 10.3. The van der Waals surface area contributed by atoms with Crippen LogP contribution in [-0.4, -0.2) is 58.5 Å². The summed E-state index contributed by atoms with van der Waals surface area (Å²) in [6.07, 6.45) is 0.815. The SMILES string of the molecule is O=C(Nc1cccc(F)c1)c1coc(CN2CCN(C[C@@H](O)c3ccccc3)CC2)n1. The fourth-order valence-corrected chi connectivity index (χ4v) is 3.60. The fraction of sp³-hybridized carbons (Fsp3) is 0.304. The summed E-state index contributed by atoms with van der Waals surface area (Å²) >= 11 is 0. The van der Waals surface area contributed by atoms with E-state index in [0.29, 0.717) is 24.7 Å². The van der Waals surface area contributed by atoms with Crippen molar-refractivity contribution in [3.05, 3.63) is 83.8 Å². The van der Waals surface area contributed by atoms with Gasteiger partial charge in [0.25, 0.3) is 5.91 Å².